The molecule has 1 aliphatic heterocycles. The van der Waals surface area contributed by atoms with E-state index in [0.29, 0.717) is 12.3 Å². The molecule has 2 rings (SSSR count). The number of rotatable bonds is 3. The molecule has 1 fully saturated rings. The first-order valence-corrected chi connectivity index (χ1v) is 6.49. The fourth-order valence-electron chi connectivity index (χ4n) is 2.11. The molecule has 0 atom stereocenters. The van der Waals surface area contributed by atoms with Crippen LogP contribution in [0, 0.1) is 0 Å². The van der Waals surface area contributed by atoms with Gasteiger partial charge in [0.2, 0.25) is 0 Å². The number of ether oxygens (including phenoxy) is 1. The Hall–Kier alpha value is -1.04. The molecule has 104 valence electrons. The molecule has 0 bridgehead atoms. The SMILES string of the molecule is COCc1cc(N)cc(B2OC(C)(C)C(C)(C)O2)c1. The van der Waals surface area contributed by atoms with E-state index in [4.69, 9.17) is 19.8 Å². The topological polar surface area (TPSA) is 53.7 Å². The van der Waals surface area contributed by atoms with Gasteiger partial charge in [0.05, 0.1) is 17.8 Å². The Labute approximate surface area is 115 Å². The van der Waals surface area contributed by atoms with Gasteiger partial charge in [0.1, 0.15) is 0 Å². The number of anilines is 1. The summed E-state index contributed by atoms with van der Waals surface area (Å²) in [6.07, 6.45) is 0. The zero-order valence-corrected chi connectivity index (χ0v) is 12.3. The smallest absolute Gasteiger partial charge is 0.399 e. The number of nitrogen functional groups attached to an aromatic ring is 1. The molecule has 0 saturated carbocycles. The highest BCUT2D eigenvalue weighted by Gasteiger charge is 2.51. The molecule has 0 unspecified atom stereocenters. The minimum Gasteiger partial charge on any atom is -0.399 e. The summed E-state index contributed by atoms with van der Waals surface area (Å²) in [5.41, 5.74) is 7.89. The molecule has 0 spiro atoms. The van der Waals surface area contributed by atoms with Crippen molar-refractivity contribution < 1.29 is 14.0 Å². The van der Waals surface area contributed by atoms with E-state index in [1.54, 1.807) is 7.11 Å². The monoisotopic (exact) mass is 263 g/mol. The second kappa shape index (κ2) is 4.82. The van der Waals surface area contributed by atoms with Crippen LogP contribution in [0.1, 0.15) is 33.3 Å². The van der Waals surface area contributed by atoms with Crippen molar-refractivity contribution in [3.63, 3.8) is 0 Å². The quantitative estimate of drug-likeness (QED) is 0.666. The van der Waals surface area contributed by atoms with Gasteiger partial charge >= 0.3 is 7.12 Å². The van der Waals surface area contributed by atoms with Gasteiger partial charge in [0.15, 0.2) is 0 Å². The molecule has 0 aromatic heterocycles. The number of nitrogens with two attached hydrogens (primary N) is 1. The van der Waals surface area contributed by atoms with Crippen molar-refractivity contribution >= 4 is 18.3 Å². The summed E-state index contributed by atoms with van der Waals surface area (Å²) >= 11 is 0. The summed E-state index contributed by atoms with van der Waals surface area (Å²) in [7, 11) is 1.28. The molecule has 2 N–H and O–H groups in total. The van der Waals surface area contributed by atoms with Crippen molar-refractivity contribution in [3.8, 4) is 0 Å². The summed E-state index contributed by atoms with van der Waals surface area (Å²) in [4.78, 5) is 0. The van der Waals surface area contributed by atoms with Gasteiger partial charge in [-0.3, -0.25) is 0 Å². The van der Waals surface area contributed by atoms with Crippen molar-refractivity contribution in [1.29, 1.82) is 0 Å². The maximum atomic E-state index is 6.02. The highest BCUT2D eigenvalue weighted by Crippen LogP contribution is 2.36. The first-order chi connectivity index (χ1) is 8.75. The van der Waals surface area contributed by atoms with Crippen LogP contribution in [0.4, 0.5) is 5.69 Å². The van der Waals surface area contributed by atoms with Crippen LogP contribution in [0.5, 0.6) is 0 Å². The normalized spacial score (nSPS) is 20.8. The molecule has 1 heterocycles. The van der Waals surface area contributed by atoms with Crippen LogP contribution in [-0.4, -0.2) is 25.4 Å². The standard InChI is InChI=1S/C14H22BNO3/c1-13(2)14(3,4)19-15(18-13)11-6-10(9-17-5)7-12(16)8-11/h6-8H,9,16H2,1-5H3. The van der Waals surface area contributed by atoms with Crippen LogP contribution in [0.3, 0.4) is 0 Å². The van der Waals surface area contributed by atoms with Gasteiger partial charge in [-0.1, -0.05) is 6.07 Å². The Kier molecular flexibility index (Phi) is 3.64. The third kappa shape index (κ3) is 2.78. The third-order valence-electron chi connectivity index (χ3n) is 3.87. The van der Waals surface area contributed by atoms with Gasteiger partial charge in [0.25, 0.3) is 0 Å². The van der Waals surface area contributed by atoms with Crippen LogP contribution in [-0.2, 0) is 20.7 Å². The van der Waals surface area contributed by atoms with Crippen LogP contribution < -0.4 is 11.2 Å². The Balaban J connectivity index is 2.29. The van der Waals surface area contributed by atoms with Crippen LogP contribution in [0.15, 0.2) is 18.2 Å². The zero-order chi connectivity index (χ0) is 14.3. The third-order valence-corrected chi connectivity index (χ3v) is 3.87. The molecule has 1 aromatic carbocycles. The summed E-state index contributed by atoms with van der Waals surface area (Å²) in [5.74, 6) is 0. The summed E-state index contributed by atoms with van der Waals surface area (Å²) in [5, 5.41) is 0. The Morgan fingerprint density at radius 1 is 1.11 bits per heavy atom. The minimum absolute atomic E-state index is 0.344. The van der Waals surface area contributed by atoms with Crippen molar-refractivity contribution in [3.05, 3.63) is 23.8 Å². The molecular formula is C14H22BNO3. The maximum absolute atomic E-state index is 6.02. The maximum Gasteiger partial charge on any atom is 0.494 e. The van der Waals surface area contributed by atoms with Gasteiger partial charge in [-0.15, -0.1) is 0 Å². The minimum atomic E-state index is -0.385. The van der Waals surface area contributed by atoms with E-state index >= 15 is 0 Å². The summed E-state index contributed by atoms with van der Waals surface area (Å²) in [6.45, 7) is 8.67. The molecule has 5 heteroatoms. The molecule has 1 saturated heterocycles. The molecule has 19 heavy (non-hydrogen) atoms. The zero-order valence-electron chi connectivity index (χ0n) is 12.3. The second-order valence-electron chi connectivity index (χ2n) is 6.03. The van der Waals surface area contributed by atoms with Gasteiger partial charge < -0.3 is 19.8 Å². The predicted octanol–water partition coefficient (Wildman–Crippen LogP) is 1.71. The molecule has 0 radical (unpaired) electrons. The predicted molar refractivity (Wildman–Crippen MR) is 77.3 cm³/mol. The van der Waals surface area contributed by atoms with Gasteiger partial charge in [-0.25, -0.2) is 0 Å². The van der Waals surface area contributed by atoms with Crippen molar-refractivity contribution in [1.82, 2.24) is 0 Å². The molecule has 1 aliphatic rings. The van der Waals surface area contributed by atoms with E-state index in [2.05, 4.69) is 0 Å². The molecule has 4 nitrogen and oxygen atoms in total. The highest BCUT2D eigenvalue weighted by molar-refractivity contribution is 6.62. The first-order valence-electron chi connectivity index (χ1n) is 6.49. The first kappa shape index (κ1) is 14.4. The molecular weight excluding hydrogens is 241 g/mol. The fourth-order valence-corrected chi connectivity index (χ4v) is 2.11. The number of hydrogen-bond donors (Lipinski definition) is 1. The fraction of sp³-hybridized carbons (Fsp3) is 0.571. The van der Waals surface area contributed by atoms with Crippen molar-refractivity contribution in [2.24, 2.45) is 0 Å². The highest BCUT2D eigenvalue weighted by atomic mass is 16.7. The van der Waals surface area contributed by atoms with Gasteiger partial charge in [0, 0.05) is 12.8 Å². The lowest BCUT2D eigenvalue weighted by Gasteiger charge is -2.32. The molecule has 0 amide bonds. The average Bonchev–Trinajstić information content (AvgIpc) is 2.48. The lowest BCUT2D eigenvalue weighted by molar-refractivity contribution is 0.00578. The molecule has 1 aromatic rings. The van der Waals surface area contributed by atoms with Gasteiger partial charge in [-0.2, -0.15) is 0 Å². The van der Waals surface area contributed by atoms with Crippen LogP contribution >= 0.6 is 0 Å². The Bertz CT molecular complexity index is 458. The molecule has 0 aliphatic carbocycles. The van der Waals surface area contributed by atoms with Crippen molar-refractivity contribution in [2.75, 3.05) is 12.8 Å². The Morgan fingerprint density at radius 2 is 1.68 bits per heavy atom. The van der Waals surface area contributed by atoms with E-state index in [0.717, 1.165) is 11.0 Å². The van der Waals surface area contributed by atoms with E-state index in [1.807, 2.05) is 45.9 Å². The Morgan fingerprint density at radius 3 is 2.21 bits per heavy atom. The van der Waals surface area contributed by atoms with Crippen LogP contribution in [0.2, 0.25) is 0 Å². The largest absolute Gasteiger partial charge is 0.494 e. The van der Waals surface area contributed by atoms with Gasteiger partial charge in [-0.05, 0) is 50.9 Å². The van der Waals surface area contributed by atoms with E-state index in [9.17, 15) is 0 Å². The number of methoxy groups -OCH3 is 1. The van der Waals surface area contributed by atoms with E-state index < -0.39 is 0 Å². The number of hydrogen-bond acceptors (Lipinski definition) is 4. The van der Waals surface area contributed by atoms with E-state index in [1.165, 1.54) is 0 Å². The lowest BCUT2D eigenvalue weighted by Crippen LogP contribution is -2.41. The number of benzene rings is 1. The van der Waals surface area contributed by atoms with Crippen molar-refractivity contribution in [2.45, 2.75) is 45.5 Å². The average molecular weight is 263 g/mol. The second-order valence-corrected chi connectivity index (χ2v) is 6.03. The van der Waals surface area contributed by atoms with E-state index in [-0.39, 0.29) is 18.3 Å². The van der Waals surface area contributed by atoms with Crippen LogP contribution in [0.25, 0.3) is 0 Å². The summed E-state index contributed by atoms with van der Waals surface area (Å²) < 4.78 is 17.2. The lowest BCUT2D eigenvalue weighted by atomic mass is 9.78. The summed E-state index contributed by atoms with van der Waals surface area (Å²) in [6, 6.07) is 5.81.